The first-order chi connectivity index (χ1) is 12.9. The van der Waals surface area contributed by atoms with Crippen LogP contribution in [0.15, 0.2) is 23.4 Å². The van der Waals surface area contributed by atoms with E-state index in [-0.39, 0.29) is 17.2 Å². The molecule has 1 aromatic heterocycles. The first-order valence-electron chi connectivity index (χ1n) is 9.70. The van der Waals surface area contributed by atoms with Crippen molar-refractivity contribution in [2.45, 2.75) is 70.3 Å². The second-order valence-electron chi connectivity index (χ2n) is 7.81. The van der Waals surface area contributed by atoms with E-state index in [1.54, 1.807) is 4.68 Å². The zero-order valence-electron chi connectivity index (χ0n) is 16.8. The lowest BCUT2D eigenvalue weighted by Gasteiger charge is -2.35. The quantitative estimate of drug-likeness (QED) is 0.792. The van der Waals surface area contributed by atoms with Gasteiger partial charge >= 0.3 is 0 Å². The molecule has 0 saturated heterocycles. The third-order valence-electron chi connectivity index (χ3n) is 5.71. The fourth-order valence-corrected chi connectivity index (χ4v) is 4.55. The zero-order valence-corrected chi connectivity index (χ0v) is 17.6. The molecule has 1 N–H and O–H groups in total. The highest BCUT2D eigenvalue weighted by atomic mass is 32.2. The Morgan fingerprint density at radius 3 is 2.81 bits per heavy atom. The second-order valence-corrected chi connectivity index (χ2v) is 9.11. The molecule has 0 spiro atoms. The third kappa shape index (κ3) is 4.51. The van der Waals surface area contributed by atoms with E-state index in [0.717, 1.165) is 17.7 Å². The second kappa shape index (κ2) is 8.42. The van der Waals surface area contributed by atoms with Crippen LogP contribution in [0.5, 0.6) is 0 Å². The van der Waals surface area contributed by atoms with E-state index in [1.807, 2.05) is 26.0 Å². The fourth-order valence-electron chi connectivity index (χ4n) is 3.74. The van der Waals surface area contributed by atoms with Crippen LogP contribution in [0.4, 0.5) is 0 Å². The number of thioether (sulfide) groups is 1. The molecular weight excluding hydrogens is 358 g/mol. The third-order valence-corrected chi connectivity index (χ3v) is 6.74. The molecule has 3 rings (SSSR count). The molecule has 0 unspecified atom stereocenters. The molecule has 1 amide bonds. The minimum Gasteiger partial charge on any atom is -0.352 e. The summed E-state index contributed by atoms with van der Waals surface area (Å²) in [7, 11) is 0. The van der Waals surface area contributed by atoms with Gasteiger partial charge in [-0.05, 0) is 61.1 Å². The van der Waals surface area contributed by atoms with Crippen molar-refractivity contribution < 1.29 is 4.79 Å². The Hall–Kier alpha value is -1.89. The van der Waals surface area contributed by atoms with Crippen LogP contribution in [0, 0.1) is 25.7 Å². The monoisotopic (exact) mass is 387 g/mol. The van der Waals surface area contributed by atoms with Crippen LogP contribution in [0.2, 0.25) is 0 Å². The SMILES string of the molecule is Cc1ccc(-n2nnnc2S[C@H](C)C(=O)N[C@@H]2CCC[C@H](C)[C@@H]2C)c(C)c1. The number of aromatic nitrogens is 4. The van der Waals surface area contributed by atoms with Crippen molar-refractivity contribution in [1.29, 1.82) is 0 Å². The molecule has 6 nitrogen and oxygen atoms in total. The molecule has 1 saturated carbocycles. The lowest BCUT2D eigenvalue weighted by Crippen LogP contribution is -2.46. The molecule has 1 heterocycles. The number of aryl methyl sites for hydroxylation is 2. The summed E-state index contributed by atoms with van der Waals surface area (Å²) in [6, 6.07) is 6.42. The van der Waals surface area contributed by atoms with Crippen LogP contribution in [-0.4, -0.2) is 37.4 Å². The molecule has 146 valence electrons. The van der Waals surface area contributed by atoms with Crippen molar-refractivity contribution in [1.82, 2.24) is 25.5 Å². The van der Waals surface area contributed by atoms with E-state index in [0.29, 0.717) is 17.0 Å². The number of carbonyl (C=O) groups excluding carboxylic acids is 1. The maximum absolute atomic E-state index is 12.7. The zero-order chi connectivity index (χ0) is 19.6. The van der Waals surface area contributed by atoms with Gasteiger partial charge in [-0.2, -0.15) is 4.68 Å². The summed E-state index contributed by atoms with van der Waals surface area (Å²) in [5.41, 5.74) is 3.24. The molecule has 1 aromatic carbocycles. The number of rotatable bonds is 5. The minimum absolute atomic E-state index is 0.0566. The van der Waals surface area contributed by atoms with Gasteiger partial charge < -0.3 is 5.32 Å². The molecule has 2 aromatic rings. The molecule has 4 atom stereocenters. The van der Waals surface area contributed by atoms with Gasteiger partial charge in [-0.25, -0.2) is 0 Å². The van der Waals surface area contributed by atoms with Gasteiger partial charge in [0.15, 0.2) is 0 Å². The summed E-state index contributed by atoms with van der Waals surface area (Å²) in [5.74, 6) is 1.23. The molecule has 0 bridgehead atoms. The standard InChI is InChI=1S/C20H29N5OS/c1-12-9-10-18(14(3)11-12)25-20(22-23-24-25)27-16(5)19(26)21-17-8-6-7-13(2)15(17)4/h9-11,13,15-17H,6-8H2,1-5H3,(H,21,26)/t13-,15-,16+,17+/m0/s1. The van der Waals surface area contributed by atoms with E-state index in [1.165, 1.54) is 30.2 Å². The number of benzene rings is 1. The van der Waals surface area contributed by atoms with Crippen LogP contribution in [0.1, 0.15) is 51.2 Å². The Kier molecular flexibility index (Phi) is 6.19. The Labute approximate surface area is 165 Å². The number of hydrogen-bond donors (Lipinski definition) is 1. The molecular formula is C20H29N5OS. The highest BCUT2D eigenvalue weighted by Crippen LogP contribution is 2.30. The first kappa shape index (κ1) is 19.9. The first-order valence-corrected chi connectivity index (χ1v) is 10.6. The van der Waals surface area contributed by atoms with Crippen LogP contribution in [0.3, 0.4) is 0 Å². The molecule has 1 aliphatic rings. The van der Waals surface area contributed by atoms with Gasteiger partial charge in [0.2, 0.25) is 11.1 Å². The highest BCUT2D eigenvalue weighted by Gasteiger charge is 2.30. The van der Waals surface area contributed by atoms with E-state index in [9.17, 15) is 4.79 Å². The van der Waals surface area contributed by atoms with Crippen LogP contribution in [0.25, 0.3) is 5.69 Å². The lowest BCUT2D eigenvalue weighted by molar-refractivity contribution is -0.121. The van der Waals surface area contributed by atoms with Gasteiger partial charge in [0, 0.05) is 6.04 Å². The largest absolute Gasteiger partial charge is 0.352 e. The number of nitrogens with one attached hydrogen (secondary N) is 1. The fraction of sp³-hybridized carbons (Fsp3) is 0.600. The topological polar surface area (TPSA) is 72.7 Å². The molecule has 1 aliphatic carbocycles. The Balaban J connectivity index is 1.69. The van der Waals surface area contributed by atoms with Crippen LogP contribution >= 0.6 is 11.8 Å². The molecule has 0 radical (unpaired) electrons. The average molecular weight is 388 g/mol. The van der Waals surface area contributed by atoms with Crippen molar-refractivity contribution in [3.8, 4) is 5.69 Å². The molecule has 7 heteroatoms. The number of nitrogens with zero attached hydrogens (tertiary/aromatic N) is 4. The van der Waals surface area contributed by atoms with Crippen molar-refractivity contribution >= 4 is 17.7 Å². The van der Waals surface area contributed by atoms with E-state index in [2.05, 4.69) is 47.7 Å². The normalized spacial score (nSPS) is 23.8. The van der Waals surface area contributed by atoms with Gasteiger partial charge in [-0.3, -0.25) is 4.79 Å². The van der Waals surface area contributed by atoms with E-state index >= 15 is 0 Å². The summed E-state index contributed by atoms with van der Waals surface area (Å²) in [5, 5.41) is 15.7. The van der Waals surface area contributed by atoms with Crippen molar-refractivity contribution in [2.75, 3.05) is 0 Å². The summed E-state index contributed by atoms with van der Waals surface area (Å²) in [6.07, 6.45) is 3.50. The maximum atomic E-state index is 12.7. The number of hydrogen-bond acceptors (Lipinski definition) is 5. The Bertz CT molecular complexity index is 805. The highest BCUT2D eigenvalue weighted by molar-refractivity contribution is 8.00. The van der Waals surface area contributed by atoms with E-state index in [4.69, 9.17) is 0 Å². The number of carbonyl (C=O) groups is 1. The van der Waals surface area contributed by atoms with Gasteiger partial charge in [0.05, 0.1) is 10.9 Å². The Morgan fingerprint density at radius 2 is 2.07 bits per heavy atom. The number of amides is 1. The molecule has 27 heavy (non-hydrogen) atoms. The Morgan fingerprint density at radius 1 is 1.30 bits per heavy atom. The van der Waals surface area contributed by atoms with Crippen LogP contribution < -0.4 is 5.32 Å². The summed E-state index contributed by atoms with van der Waals surface area (Å²) >= 11 is 1.40. The van der Waals surface area contributed by atoms with Gasteiger partial charge in [0.1, 0.15) is 0 Å². The van der Waals surface area contributed by atoms with Crippen molar-refractivity contribution in [3.63, 3.8) is 0 Å². The van der Waals surface area contributed by atoms with Gasteiger partial charge in [-0.1, -0.05) is 56.1 Å². The maximum Gasteiger partial charge on any atom is 0.233 e. The predicted octanol–water partition coefficient (Wildman–Crippen LogP) is 3.70. The predicted molar refractivity (Wildman–Crippen MR) is 108 cm³/mol. The van der Waals surface area contributed by atoms with Crippen LogP contribution in [-0.2, 0) is 4.79 Å². The number of tetrazole rings is 1. The van der Waals surface area contributed by atoms with Crippen molar-refractivity contribution in [3.05, 3.63) is 29.3 Å². The smallest absolute Gasteiger partial charge is 0.233 e. The summed E-state index contributed by atoms with van der Waals surface area (Å²) in [6.45, 7) is 10.5. The average Bonchev–Trinajstić information content (AvgIpc) is 3.06. The summed E-state index contributed by atoms with van der Waals surface area (Å²) < 4.78 is 1.72. The minimum atomic E-state index is -0.259. The van der Waals surface area contributed by atoms with Crippen molar-refractivity contribution in [2.24, 2.45) is 11.8 Å². The van der Waals surface area contributed by atoms with Gasteiger partial charge in [-0.15, -0.1) is 5.10 Å². The lowest BCUT2D eigenvalue weighted by atomic mass is 9.78. The van der Waals surface area contributed by atoms with Gasteiger partial charge in [0.25, 0.3) is 0 Å². The van der Waals surface area contributed by atoms with E-state index < -0.39 is 0 Å². The molecule has 0 aliphatic heterocycles. The summed E-state index contributed by atoms with van der Waals surface area (Å²) in [4.78, 5) is 12.7. The molecule has 1 fully saturated rings.